The number of aromatic nitrogens is 2. The Morgan fingerprint density at radius 1 is 0.909 bits per heavy atom. The molecule has 0 bridgehead atoms. The van der Waals surface area contributed by atoms with Crippen molar-refractivity contribution in [1.82, 2.24) is 14.9 Å². The van der Waals surface area contributed by atoms with Crippen LogP contribution in [0.2, 0.25) is 0 Å². The molecule has 0 amide bonds. The summed E-state index contributed by atoms with van der Waals surface area (Å²) in [7, 11) is 0. The molecule has 0 aliphatic carbocycles. The van der Waals surface area contributed by atoms with Crippen molar-refractivity contribution in [2.24, 2.45) is 0 Å². The third-order valence-corrected chi connectivity index (χ3v) is 7.09. The summed E-state index contributed by atoms with van der Waals surface area (Å²) >= 11 is 9.43. The van der Waals surface area contributed by atoms with Crippen LogP contribution in [-0.2, 0) is 0 Å². The van der Waals surface area contributed by atoms with Gasteiger partial charge in [-0.2, -0.15) is 0 Å². The molecule has 166 valence electrons. The van der Waals surface area contributed by atoms with Crippen molar-refractivity contribution >= 4 is 38.9 Å². The average Bonchev–Trinajstić information content (AvgIpc) is 3.30. The standard InChI is InChI=1S/C27H25BrN4S/c1-17-7-6-8-22(15-17)32-26(25(30-27(32)33)24-9-4-5-14-29-24)23-16-18(2)31(19(23)3)21-12-10-20(28)11-13-21/h4-16,25-26H,1-3H3,(H,30,33)/t25-,26-/m1/s1. The molecule has 2 aromatic heterocycles. The SMILES string of the molecule is Cc1cccc(N2C(=S)N[C@H](c3ccccn3)[C@H]2c2cc(C)n(-c3ccc(Br)cc3)c2C)c1. The lowest BCUT2D eigenvalue weighted by atomic mass is 9.96. The highest BCUT2D eigenvalue weighted by atomic mass is 79.9. The van der Waals surface area contributed by atoms with Crippen LogP contribution in [0.3, 0.4) is 0 Å². The van der Waals surface area contributed by atoms with Gasteiger partial charge in [0, 0.05) is 33.4 Å². The second-order valence-corrected chi connectivity index (χ2v) is 9.78. The Morgan fingerprint density at radius 2 is 1.70 bits per heavy atom. The highest BCUT2D eigenvalue weighted by molar-refractivity contribution is 9.10. The Bertz CT molecular complexity index is 1310. The first-order chi connectivity index (χ1) is 15.9. The maximum absolute atomic E-state index is 5.89. The summed E-state index contributed by atoms with van der Waals surface area (Å²) in [6.45, 7) is 6.46. The lowest BCUT2D eigenvalue weighted by molar-refractivity contribution is 0.565. The van der Waals surface area contributed by atoms with Crippen LogP contribution in [0.15, 0.2) is 83.5 Å². The normalized spacial score (nSPS) is 17.9. The van der Waals surface area contributed by atoms with Gasteiger partial charge in [-0.15, -0.1) is 0 Å². The molecule has 1 aliphatic rings. The van der Waals surface area contributed by atoms with E-state index in [2.05, 4.69) is 117 Å². The maximum atomic E-state index is 5.89. The van der Waals surface area contributed by atoms with Crippen LogP contribution >= 0.6 is 28.1 Å². The quantitative estimate of drug-likeness (QED) is 0.304. The number of anilines is 1. The Balaban J connectivity index is 1.68. The van der Waals surface area contributed by atoms with Crippen molar-refractivity contribution in [3.8, 4) is 5.69 Å². The predicted octanol–water partition coefficient (Wildman–Crippen LogP) is 6.74. The Labute approximate surface area is 208 Å². The Morgan fingerprint density at radius 3 is 2.39 bits per heavy atom. The minimum Gasteiger partial charge on any atom is -0.351 e. The highest BCUT2D eigenvalue weighted by Crippen LogP contribution is 2.43. The summed E-state index contributed by atoms with van der Waals surface area (Å²) in [5.41, 5.74) is 8.04. The largest absolute Gasteiger partial charge is 0.351 e. The van der Waals surface area contributed by atoms with Crippen LogP contribution in [0.4, 0.5) is 5.69 Å². The molecular formula is C27H25BrN4S. The topological polar surface area (TPSA) is 33.1 Å². The van der Waals surface area contributed by atoms with Gasteiger partial charge < -0.3 is 14.8 Å². The van der Waals surface area contributed by atoms with E-state index < -0.39 is 0 Å². The van der Waals surface area contributed by atoms with Crippen molar-refractivity contribution in [1.29, 1.82) is 0 Å². The van der Waals surface area contributed by atoms with E-state index in [0.29, 0.717) is 0 Å². The minimum absolute atomic E-state index is 0.0235. The number of thiocarbonyl (C=S) groups is 1. The first kappa shape index (κ1) is 21.9. The van der Waals surface area contributed by atoms with Gasteiger partial charge in [0.2, 0.25) is 0 Å². The summed E-state index contributed by atoms with van der Waals surface area (Å²) in [5.74, 6) is 0. The molecule has 3 heterocycles. The third-order valence-electron chi connectivity index (χ3n) is 6.25. The second kappa shape index (κ2) is 8.76. The zero-order valence-electron chi connectivity index (χ0n) is 18.8. The van der Waals surface area contributed by atoms with Gasteiger partial charge in [0.1, 0.15) is 0 Å². The summed E-state index contributed by atoms with van der Waals surface area (Å²) in [6, 6.07) is 25.2. The molecule has 0 radical (unpaired) electrons. The van der Waals surface area contributed by atoms with Gasteiger partial charge in [0.25, 0.3) is 0 Å². The molecule has 2 atom stereocenters. The first-order valence-corrected chi connectivity index (χ1v) is 12.2. The fraction of sp³-hybridized carbons (Fsp3) is 0.185. The summed E-state index contributed by atoms with van der Waals surface area (Å²) in [6.07, 6.45) is 1.84. The molecule has 1 aliphatic heterocycles. The van der Waals surface area contributed by atoms with Crippen molar-refractivity contribution in [3.05, 3.63) is 112 Å². The molecule has 1 N–H and O–H groups in total. The van der Waals surface area contributed by atoms with Gasteiger partial charge in [-0.25, -0.2) is 0 Å². The monoisotopic (exact) mass is 516 g/mol. The average molecular weight is 517 g/mol. The van der Waals surface area contributed by atoms with Crippen LogP contribution in [0.1, 0.15) is 40.3 Å². The van der Waals surface area contributed by atoms with Gasteiger partial charge in [0.05, 0.1) is 17.8 Å². The van der Waals surface area contributed by atoms with E-state index in [4.69, 9.17) is 12.2 Å². The van der Waals surface area contributed by atoms with E-state index in [1.165, 1.54) is 22.5 Å². The minimum atomic E-state index is -0.0573. The Kier molecular flexibility index (Phi) is 5.81. The van der Waals surface area contributed by atoms with Crippen molar-refractivity contribution in [2.75, 3.05) is 4.90 Å². The van der Waals surface area contributed by atoms with Crippen LogP contribution in [0, 0.1) is 20.8 Å². The number of rotatable bonds is 4. The molecule has 1 fully saturated rings. The van der Waals surface area contributed by atoms with E-state index in [1.807, 2.05) is 18.3 Å². The van der Waals surface area contributed by atoms with E-state index in [-0.39, 0.29) is 12.1 Å². The summed E-state index contributed by atoms with van der Waals surface area (Å²) in [5, 5.41) is 4.29. The van der Waals surface area contributed by atoms with E-state index in [1.54, 1.807) is 0 Å². The Hall–Kier alpha value is -2.96. The molecule has 5 rings (SSSR count). The van der Waals surface area contributed by atoms with E-state index in [9.17, 15) is 0 Å². The highest BCUT2D eigenvalue weighted by Gasteiger charge is 2.42. The van der Waals surface area contributed by atoms with Gasteiger partial charge in [0.15, 0.2) is 5.11 Å². The fourth-order valence-corrected chi connectivity index (χ4v) is 5.41. The number of halogens is 1. The van der Waals surface area contributed by atoms with Crippen molar-refractivity contribution in [2.45, 2.75) is 32.9 Å². The fourth-order valence-electron chi connectivity index (χ4n) is 4.80. The smallest absolute Gasteiger partial charge is 0.174 e. The zero-order chi connectivity index (χ0) is 23.1. The van der Waals surface area contributed by atoms with Crippen LogP contribution in [0.5, 0.6) is 0 Å². The molecule has 1 saturated heterocycles. The van der Waals surface area contributed by atoms with Crippen molar-refractivity contribution in [3.63, 3.8) is 0 Å². The first-order valence-electron chi connectivity index (χ1n) is 11.0. The predicted molar refractivity (Wildman–Crippen MR) is 142 cm³/mol. The van der Waals surface area contributed by atoms with Gasteiger partial charge in [-0.3, -0.25) is 4.98 Å². The van der Waals surface area contributed by atoms with E-state index >= 15 is 0 Å². The summed E-state index contributed by atoms with van der Waals surface area (Å²) in [4.78, 5) is 6.93. The lowest BCUT2D eigenvalue weighted by Gasteiger charge is -2.28. The molecule has 0 unspecified atom stereocenters. The lowest BCUT2D eigenvalue weighted by Crippen LogP contribution is -2.29. The summed E-state index contributed by atoms with van der Waals surface area (Å²) < 4.78 is 3.38. The number of hydrogen-bond donors (Lipinski definition) is 1. The maximum Gasteiger partial charge on any atom is 0.174 e. The number of pyridine rings is 1. The number of aryl methyl sites for hydroxylation is 2. The molecule has 6 heteroatoms. The van der Waals surface area contributed by atoms with Crippen LogP contribution in [0.25, 0.3) is 5.69 Å². The van der Waals surface area contributed by atoms with Crippen LogP contribution < -0.4 is 10.2 Å². The molecule has 0 spiro atoms. The van der Waals surface area contributed by atoms with Gasteiger partial charge in [-0.05, 0) is 98.7 Å². The number of hydrogen-bond acceptors (Lipinski definition) is 2. The van der Waals surface area contributed by atoms with E-state index in [0.717, 1.165) is 26.7 Å². The number of nitrogens with zero attached hydrogens (tertiary/aromatic N) is 3. The molecule has 4 aromatic rings. The van der Waals surface area contributed by atoms with Crippen LogP contribution in [-0.4, -0.2) is 14.7 Å². The van der Waals surface area contributed by atoms with Crippen molar-refractivity contribution < 1.29 is 0 Å². The second-order valence-electron chi connectivity index (χ2n) is 8.47. The molecule has 4 nitrogen and oxygen atoms in total. The molecule has 33 heavy (non-hydrogen) atoms. The third kappa shape index (κ3) is 3.98. The molecular weight excluding hydrogens is 492 g/mol. The number of benzene rings is 2. The molecule has 0 saturated carbocycles. The molecule has 2 aromatic carbocycles. The zero-order valence-corrected chi connectivity index (χ0v) is 21.2. The van der Waals surface area contributed by atoms with Gasteiger partial charge in [-0.1, -0.05) is 34.1 Å². The number of nitrogens with one attached hydrogen (secondary N) is 1. The van der Waals surface area contributed by atoms with Gasteiger partial charge >= 0.3 is 0 Å².